The van der Waals surface area contributed by atoms with Gasteiger partial charge in [-0.25, -0.2) is 9.78 Å². The van der Waals surface area contributed by atoms with Crippen LogP contribution in [0.25, 0.3) is 22.4 Å². The van der Waals surface area contributed by atoms with Crippen LogP contribution in [0.2, 0.25) is 0 Å². The SMILES string of the molecule is Cc1ccccc1-c1ccc(N2CCN(C(=O)Cn3cnc4c3c(=O)n(C)c(=O)n4C)CC2)nn1. The van der Waals surface area contributed by atoms with Crippen molar-refractivity contribution in [3.63, 3.8) is 0 Å². The summed E-state index contributed by atoms with van der Waals surface area (Å²) in [6, 6.07) is 12.0. The lowest BCUT2D eigenvalue weighted by molar-refractivity contribution is -0.132. The van der Waals surface area contributed by atoms with Gasteiger partial charge in [0.2, 0.25) is 5.91 Å². The van der Waals surface area contributed by atoms with E-state index < -0.39 is 11.2 Å². The molecule has 1 amide bonds. The van der Waals surface area contributed by atoms with Crippen molar-refractivity contribution in [2.75, 3.05) is 31.1 Å². The summed E-state index contributed by atoms with van der Waals surface area (Å²) in [7, 11) is 2.97. The van der Waals surface area contributed by atoms with Crippen LogP contribution in [0.1, 0.15) is 5.56 Å². The van der Waals surface area contributed by atoms with Gasteiger partial charge in [-0.05, 0) is 24.6 Å². The summed E-state index contributed by atoms with van der Waals surface area (Å²) >= 11 is 0. The summed E-state index contributed by atoms with van der Waals surface area (Å²) in [5.41, 5.74) is 2.62. The smallest absolute Gasteiger partial charge is 0.332 e. The van der Waals surface area contributed by atoms with Crippen molar-refractivity contribution in [2.45, 2.75) is 13.5 Å². The Morgan fingerprint density at radius 2 is 1.69 bits per heavy atom. The van der Waals surface area contributed by atoms with E-state index in [0.29, 0.717) is 26.2 Å². The zero-order chi connectivity index (χ0) is 24.7. The topological polar surface area (TPSA) is 111 Å². The number of carbonyl (C=O) groups excluding carboxylic acids is 1. The summed E-state index contributed by atoms with van der Waals surface area (Å²) in [6.45, 7) is 4.35. The molecule has 4 heterocycles. The zero-order valence-electron chi connectivity index (χ0n) is 19.9. The van der Waals surface area contributed by atoms with Gasteiger partial charge < -0.3 is 14.4 Å². The molecule has 0 radical (unpaired) electrons. The van der Waals surface area contributed by atoms with Crippen LogP contribution >= 0.6 is 0 Å². The molecule has 11 nitrogen and oxygen atoms in total. The second-order valence-electron chi connectivity index (χ2n) is 8.71. The van der Waals surface area contributed by atoms with Gasteiger partial charge in [-0.15, -0.1) is 10.2 Å². The van der Waals surface area contributed by atoms with Crippen LogP contribution in [0, 0.1) is 6.92 Å². The molecule has 1 aromatic carbocycles. The Balaban J connectivity index is 1.26. The molecule has 0 atom stereocenters. The number of aryl methyl sites for hydroxylation is 2. The van der Waals surface area contributed by atoms with E-state index in [1.54, 1.807) is 11.9 Å². The van der Waals surface area contributed by atoms with Crippen molar-refractivity contribution in [1.29, 1.82) is 0 Å². The standard InChI is InChI=1S/C24H26N8O3/c1-16-6-4-5-7-17(16)18-8-9-19(27-26-18)30-10-12-31(13-11-30)20(33)14-32-15-25-22-21(32)23(34)29(3)24(35)28(22)2/h4-9,15H,10-14H2,1-3H3. The van der Waals surface area contributed by atoms with Crippen molar-refractivity contribution in [2.24, 2.45) is 14.1 Å². The third kappa shape index (κ3) is 3.98. The Morgan fingerprint density at radius 3 is 2.37 bits per heavy atom. The fourth-order valence-corrected chi connectivity index (χ4v) is 4.45. The van der Waals surface area contributed by atoms with Crippen molar-refractivity contribution in [3.8, 4) is 11.3 Å². The van der Waals surface area contributed by atoms with Crippen LogP contribution in [0.4, 0.5) is 5.82 Å². The Bertz CT molecular complexity index is 1530. The molecule has 11 heteroatoms. The lowest BCUT2D eigenvalue weighted by Crippen LogP contribution is -2.50. The van der Waals surface area contributed by atoms with Gasteiger partial charge in [-0.2, -0.15) is 0 Å². The minimum absolute atomic E-state index is 0.0190. The number of piperazine rings is 1. The summed E-state index contributed by atoms with van der Waals surface area (Å²) < 4.78 is 3.85. The molecule has 0 bridgehead atoms. The molecule has 0 saturated carbocycles. The molecular weight excluding hydrogens is 448 g/mol. The highest BCUT2D eigenvalue weighted by molar-refractivity contribution is 5.79. The van der Waals surface area contributed by atoms with E-state index in [9.17, 15) is 14.4 Å². The molecule has 35 heavy (non-hydrogen) atoms. The third-order valence-electron chi connectivity index (χ3n) is 6.55. The second kappa shape index (κ2) is 8.82. The molecule has 0 spiro atoms. The normalized spacial score (nSPS) is 14.0. The lowest BCUT2D eigenvalue weighted by Gasteiger charge is -2.35. The number of imidazole rings is 1. The molecule has 1 saturated heterocycles. The van der Waals surface area contributed by atoms with Gasteiger partial charge >= 0.3 is 5.69 Å². The highest BCUT2D eigenvalue weighted by atomic mass is 16.2. The summed E-state index contributed by atoms with van der Waals surface area (Å²) in [6.07, 6.45) is 1.44. The first-order chi connectivity index (χ1) is 16.8. The molecule has 1 fully saturated rings. The highest BCUT2D eigenvalue weighted by Crippen LogP contribution is 2.22. The monoisotopic (exact) mass is 474 g/mol. The third-order valence-corrected chi connectivity index (χ3v) is 6.55. The fourth-order valence-electron chi connectivity index (χ4n) is 4.45. The Kier molecular flexibility index (Phi) is 5.67. The molecule has 5 rings (SSSR count). The molecule has 4 aromatic rings. The molecule has 180 valence electrons. The van der Waals surface area contributed by atoms with Crippen LogP contribution in [0.3, 0.4) is 0 Å². The van der Waals surface area contributed by atoms with Crippen LogP contribution in [0.15, 0.2) is 52.3 Å². The molecule has 1 aliphatic heterocycles. The van der Waals surface area contributed by atoms with Crippen molar-refractivity contribution >= 4 is 22.9 Å². The van der Waals surface area contributed by atoms with E-state index >= 15 is 0 Å². The lowest BCUT2D eigenvalue weighted by atomic mass is 10.1. The molecule has 3 aromatic heterocycles. The summed E-state index contributed by atoms with van der Waals surface area (Å²) in [5, 5.41) is 8.82. The summed E-state index contributed by atoms with van der Waals surface area (Å²) in [5.74, 6) is 0.667. The Labute approximate surface area is 200 Å². The molecule has 0 N–H and O–H groups in total. The number of aromatic nitrogens is 6. The van der Waals surface area contributed by atoms with E-state index in [-0.39, 0.29) is 23.6 Å². The molecule has 1 aliphatic rings. The Hall–Kier alpha value is -4.28. The minimum atomic E-state index is -0.467. The second-order valence-corrected chi connectivity index (χ2v) is 8.71. The largest absolute Gasteiger partial charge is 0.352 e. The van der Waals surface area contributed by atoms with E-state index in [0.717, 1.165) is 27.2 Å². The number of rotatable bonds is 4. The number of benzene rings is 1. The summed E-state index contributed by atoms with van der Waals surface area (Å²) in [4.78, 5) is 45.8. The number of hydrogen-bond donors (Lipinski definition) is 0. The van der Waals surface area contributed by atoms with Gasteiger partial charge in [0, 0.05) is 45.8 Å². The van der Waals surface area contributed by atoms with E-state index in [2.05, 4.69) is 20.1 Å². The number of anilines is 1. The maximum Gasteiger partial charge on any atom is 0.332 e. The minimum Gasteiger partial charge on any atom is -0.352 e. The Morgan fingerprint density at radius 1 is 0.943 bits per heavy atom. The van der Waals surface area contributed by atoms with Crippen molar-refractivity contribution in [1.82, 2.24) is 33.8 Å². The highest BCUT2D eigenvalue weighted by Gasteiger charge is 2.24. The maximum absolute atomic E-state index is 13.0. The van der Waals surface area contributed by atoms with Gasteiger partial charge in [0.05, 0.1) is 12.0 Å². The number of carbonyl (C=O) groups is 1. The van der Waals surface area contributed by atoms with Crippen LogP contribution in [-0.2, 0) is 25.4 Å². The average Bonchev–Trinajstić information content (AvgIpc) is 3.30. The number of nitrogens with zero attached hydrogens (tertiary/aromatic N) is 8. The number of amides is 1. The number of hydrogen-bond acceptors (Lipinski definition) is 7. The fraction of sp³-hybridized carbons (Fsp3) is 0.333. The first kappa shape index (κ1) is 22.5. The van der Waals surface area contributed by atoms with Crippen molar-refractivity contribution in [3.05, 3.63) is 69.1 Å². The van der Waals surface area contributed by atoms with E-state index in [1.165, 1.54) is 22.5 Å². The van der Waals surface area contributed by atoms with E-state index in [1.807, 2.05) is 43.3 Å². The number of fused-ring (bicyclic) bond motifs is 1. The van der Waals surface area contributed by atoms with Gasteiger partial charge in [0.1, 0.15) is 6.54 Å². The quantitative estimate of drug-likeness (QED) is 0.425. The van der Waals surface area contributed by atoms with Gasteiger partial charge in [0.15, 0.2) is 17.0 Å². The first-order valence-electron chi connectivity index (χ1n) is 11.4. The average molecular weight is 475 g/mol. The van der Waals surface area contributed by atoms with E-state index in [4.69, 9.17) is 0 Å². The van der Waals surface area contributed by atoms with Gasteiger partial charge in [-0.3, -0.25) is 18.7 Å². The predicted molar refractivity (Wildman–Crippen MR) is 131 cm³/mol. The molecular formula is C24H26N8O3. The van der Waals surface area contributed by atoms with Crippen LogP contribution in [0.5, 0.6) is 0 Å². The van der Waals surface area contributed by atoms with Crippen molar-refractivity contribution < 1.29 is 4.79 Å². The van der Waals surface area contributed by atoms with Crippen LogP contribution < -0.4 is 16.1 Å². The van der Waals surface area contributed by atoms with Gasteiger partial charge in [-0.1, -0.05) is 24.3 Å². The molecule has 0 unspecified atom stereocenters. The predicted octanol–water partition coefficient (Wildman–Crippen LogP) is 0.548. The maximum atomic E-state index is 13.0. The first-order valence-corrected chi connectivity index (χ1v) is 11.4. The van der Waals surface area contributed by atoms with Gasteiger partial charge in [0.25, 0.3) is 5.56 Å². The zero-order valence-corrected chi connectivity index (χ0v) is 19.9. The molecule has 0 aliphatic carbocycles. The van der Waals surface area contributed by atoms with Crippen LogP contribution in [-0.4, -0.2) is 65.9 Å².